The fraction of sp³-hybridized carbons (Fsp3) is 0.364. The standard InChI is InChI=1S/C11H12ClNO/c12-7-9-6-11(14)13(8-9)10-4-2-1-3-5-10/h1-5,9H,6-8H2/t9-/m0/s1. The van der Waals surface area contributed by atoms with Crippen LogP contribution in [0.25, 0.3) is 0 Å². The third-order valence-electron chi connectivity index (χ3n) is 2.49. The molecule has 1 amide bonds. The molecule has 1 atom stereocenters. The Morgan fingerprint density at radius 1 is 1.36 bits per heavy atom. The van der Waals surface area contributed by atoms with Crippen LogP contribution in [0.15, 0.2) is 30.3 Å². The second-order valence-electron chi connectivity index (χ2n) is 3.56. The van der Waals surface area contributed by atoms with Crippen LogP contribution < -0.4 is 4.90 Å². The molecule has 74 valence electrons. The Labute approximate surface area is 88.5 Å². The van der Waals surface area contributed by atoms with Crippen molar-refractivity contribution in [1.82, 2.24) is 0 Å². The number of hydrogen-bond donors (Lipinski definition) is 0. The molecular formula is C11H12ClNO. The monoisotopic (exact) mass is 209 g/mol. The first kappa shape index (κ1) is 9.53. The van der Waals surface area contributed by atoms with E-state index in [1.165, 1.54) is 0 Å². The fourth-order valence-corrected chi connectivity index (χ4v) is 1.95. The summed E-state index contributed by atoms with van der Waals surface area (Å²) in [4.78, 5) is 13.4. The molecule has 1 fully saturated rings. The molecule has 1 aliphatic rings. The lowest BCUT2D eigenvalue weighted by atomic mass is 10.1. The highest BCUT2D eigenvalue weighted by molar-refractivity contribution is 6.18. The van der Waals surface area contributed by atoms with Gasteiger partial charge < -0.3 is 4.90 Å². The number of benzene rings is 1. The molecule has 2 rings (SSSR count). The molecule has 1 aliphatic heterocycles. The van der Waals surface area contributed by atoms with Crippen molar-refractivity contribution in [2.45, 2.75) is 6.42 Å². The highest BCUT2D eigenvalue weighted by Crippen LogP contribution is 2.25. The van der Waals surface area contributed by atoms with Crippen molar-refractivity contribution in [3.05, 3.63) is 30.3 Å². The first-order chi connectivity index (χ1) is 6.81. The average molecular weight is 210 g/mol. The molecule has 2 nitrogen and oxygen atoms in total. The van der Waals surface area contributed by atoms with Gasteiger partial charge in [-0.15, -0.1) is 11.6 Å². The Morgan fingerprint density at radius 2 is 2.07 bits per heavy atom. The van der Waals surface area contributed by atoms with Crippen molar-refractivity contribution in [3.63, 3.8) is 0 Å². The highest BCUT2D eigenvalue weighted by atomic mass is 35.5. The van der Waals surface area contributed by atoms with Crippen LogP contribution >= 0.6 is 11.6 Å². The number of rotatable bonds is 2. The first-order valence-corrected chi connectivity index (χ1v) is 5.26. The van der Waals surface area contributed by atoms with E-state index in [4.69, 9.17) is 11.6 Å². The Balaban J connectivity index is 2.17. The number of carbonyl (C=O) groups excluding carboxylic acids is 1. The minimum Gasteiger partial charge on any atom is -0.312 e. The Kier molecular flexibility index (Phi) is 2.73. The number of para-hydroxylation sites is 1. The molecule has 3 heteroatoms. The van der Waals surface area contributed by atoms with Gasteiger partial charge in [0.25, 0.3) is 0 Å². The van der Waals surface area contributed by atoms with Gasteiger partial charge in [0.05, 0.1) is 0 Å². The highest BCUT2D eigenvalue weighted by Gasteiger charge is 2.29. The van der Waals surface area contributed by atoms with E-state index in [2.05, 4.69) is 0 Å². The van der Waals surface area contributed by atoms with Gasteiger partial charge in [-0.05, 0) is 18.1 Å². The number of amides is 1. The van der Waals surface area contributed by atoms with Gasteiger partial charge >= 0.3 is 0 Å². The summed E-state index contributed by atoms with van der Waals surface area (Å²) in [5, 5.41) is 0. The number of nitrogens with zero attached hydrogens (tertiary/aromatic N) is 1. The molecule has 0 saturated carbocycles. The van der Waals surface area contributed by atoms with E-state index < -0.39 is 0 Å². The molecule has 0 bridgehead atoms. The van der Waals surface area contributed by atoms with Gasteiger partial charge in [0.2, 0.25) is 5.91 Å². The summed E-state index contributed by atoms with van der Waals surface area (Å²) in [6, 6.07) is 9.74. The fourth-order valence-electron chi connectivity index (χ4n) is 1.74. The maximum atomic E-state index is 11.6. The summed E-state index contributed by atoms with van der Waals surface area (Å²) in [7, 11) is 0. The molecule has 1 heterocycles. The van der Waals surface area contributed by atoms with Crippen LogP contribution in [0.5, 0.6) is 0 Å². The maximum Gasteiger partial charge on any atom is 0.227 e. The summed E-state index contributed by atoms with van der Waals surface area (Å²) in [6.45, 7) is 0.756. The second kappa shape index (κ2) is 4.01. The van der Waals surface area contributed by atoms with Crippen LogP contribution in [0.3, 0.4) is 0 Å². The van der Waals surface area contributed by atoms with Crippen molar-refractivity contribution in [1.29, 1.82) is 0 Å². The number of halogens is 1. The predicted octanol–water partition coefficient (Wildman–Crippen LogP) is 2.28. The summed E-state index contributed by atoms with van der Waals surface area (Å²) < 4.78 is 0. The molecule has 14 heavy (non-hydrogen) atoms. The van der Waals surface area contributed by atoms with Gasteiger partial charge in [-0.2, -0.15) is 0 Å². The predicted molar refractivity (Wildman–Crippen MR) is 57.6 cm³/mol. The first-order valence-electron chi connectivity index (χ1n) is 4.72. The third kappa shape index (κ3) is 1.75. The topological polar surface area (TPSA) is 20.3 Å². The molecule has 1 aromatic carbocycles. The number of alkyl halides is 1. The minimum atomic E-state index is 0.182. The Morgan fingerprint density at radius 3 is 2.64 bits per heavy atom. The molecule has 0 N–H and O–H groups in total. The van der Waals surface area contributed by atoms with Crippen molar-refractivity contribution in [2.24, 2.45) is 5.92 Å². The van der Waals surface area contributed by atoms with Gasteiger partial charge in [0.15, 0.2) is 0 Å². The largest absolute Gasteiger partial charge is 0.312 e. The second-order valence-corrected chi connectivity index (χ2v) is 3.87. The molecule has 0 aromatic heterocycles. The zero-order chi connectivity index (χ0) is 9.97. The van der Waals surface area contributed by atoms with E-state index in [1.54, 1.807) is 0 Å². The maximum absolute atomic E-state index is 11.6. The minimum absolute atomic E-state index is 0.182. The van der Waals surface area contributed by atoms with Gasteiger partial charge in [0.1, 0.15) is 0 Å². The SMILES string of the molecule is O=C1C[C@@H](CCl)CN1c1ccccc1. The van der Waals surface area contributed by atoms with Crippen LogP contribution in [0.4, 0.5) is 5.69 Å². The molecular weight excluding hydrogens is 198 g/mol. The average Bonchev–Trinajstić information content (AvgIpc) is 2.61. The molecule has 0 unspecified atom stereocenters. The molecule has 0 spiro atoms. The number of hydrogen-bond acceptors (Lipinski definition) is 1. The van der Waals surface area contributed by atoms with Crippen molar-refractivity contribution in [2.75, 3.05) is 17.3 Å². The van der Waals surface area contributed by atoms with Crippen molar-refractivity contribution >= 4 is 23.2 Å². The summed E-state index contributed by atoms with van der Waals surface area (Å²) in [5.74, 6) is 1.06. The van der Waals surface area contributed by atoms with E-state index in [-0.39, 0.29) is 5.91 Å². The van der Waals surface area contributed by atoms with Gasteiger partial charge in [-0.3, -0.25) is 4.79 Å². The molecule has 0 aliphatic carbocycles. The summed E-state index contributed by atoms with van der Waals surface area (Å²) in [5.41, 5.74) is 0.977. The lowest BCUT2D eigenvalue weighted by Crippen LogP contribution is -2.24. The zero-order valence-corrected chi connectivity index (χ0v) is 8.57. The number of anilines is 1. The van der Waals surface area contributed by atoms with Gasteiger partial charge in [0, 0.05) is 24.5 Å². The van der Waals surface area contributed by atoms with E-state index in [9.17, 15) is 4.79 Å². The van der Waals surface area contributed by atoms with E-state index in [0.29, 0.717) is 18.2 Å². The Bertz CT molecular complexity index is 325. The van der Waals surface area contributed by atoms with Crippen LogP contribution in [-0.4, -0.2) is 18.3 Å². The van der Waals surface area contributed by atoms with Gasteiger partial charge in [-0.1, -0.05) is 18.2 Å². The van der Waals surface area contributed by atoms with Crippen molar-refractivity contribution < 1.29 is 4.79 Å². The Hall–Kier alpha value is -1.02. The van der Waals surface area contributed by atoms with E-state index in [1.807, 2.05) is 35.2 Å². The van der Waals surface area contributed by atoms with Crippen molar-refractivity contribution in [3.8, 4) is 0 Å². The van der Waals surface area contributed by atoms with E-state index >= 15 is 0 Å². The summed E-state index contributed by atoms with van der Waals surface area (Å²) >= 11 is 5.75. The molecule has 1 saturated heterocycles. The van der Waals surface area contributed by atoms with Gasteiger partial charge in [-0.25, -0.2) is 0 Å². The van der Waals surface area contributed by atoms with Crippen LogP contribution in [-0.2, 0) is 4.79 Å². The smallest absolute Gasteiger partial charge is 0.227 e. The quantitative estimate of drug-likeness (QED) is 0.685. The third-order valence-corrected chi connectivity index (χ3v) is 2.93. The summed E-state index contributed by atoms with van der Waals surface area (Å²) in [6.07, 6.45) is 0.582. The number of carbonyl (C=O) groups is 1. The molecule has 0 radical (unpaired) electrons. The molecule has 1 aromatic rings. The van der Waals surface area contributed by atoms with Crippen LogP contribution in [0.1, 0.15) is 6.42 Å². The van der Waals surface area contributed by atoms with Crippen LogP contribution in [0, 0.1) is 5.92 Å². The van der Waals surface area contributed by atoms with E-state index in [0.717, 1.165) is 12.2 Å². The normalized spacial score (nSPS) is 21.6. The zero-order valence-electron chi connectivity index (χ0n) is 7.82. The lowest BCUT2D eigenvalue weighted by Gasteiger charge is -2.15. The van der Waals surface area contributed by atoms with Crippen LogP contribution in [0.2, 0.25) is 0 Å². The lowest BCUT2D eigenvalue weighted by molar-refractivity contribution is -0.117.